The van der Waals surface area contributed by atoms with Gasteiger partial charge in [0.2, 0.25) is 5.91 Å². The zero-order valence-corrected chi connectivity index (χ0v) is 17.1. The summed E-state index contributed by atoms with van der Waals surface area (Å²) in [5, 5.41) is 5.42. The monoisotopic (exact) mass is 410 g/mol. The van der Waals surface area contributed by atoms with E-state index in [1.54, 1.807) is 35.4 Å². The number of benzene rings is 2. The zero-order valence-electron chi connectivity index (χ0n) is 15.5. The zero-order chi connectivity index (χ0) is 19.8. The molecule has 2 aromatic carbocycles. The van der Waals surface area contributed by atoms with E-state index in [1.807, 2.05) is 54.8 Å². The Hall–Kier alpha value is -2.63. The van der Waals surface area contributed by atoms with E-state index in [9.17, 15) is 9.59 Å². The van der Waals surface area contributed by atoms with Gasteiger partial charge in [0.1, 0.15) is 0 Å². The number of rotatable bonds is 3. The van der Waals surface area contributed by atoms with Crippen LogP contribution in [0.1, 0.15) is 38.3 Å². The minimum atomic E-state index is -0.532. The lowest BCUT2D eigenvalue weighted by Gasteiger charge is -2.39. The number of nitrogens with zero attached hydrogens (tertiary/aromatic N) is 1. The molecule has 1 N–H and O–H groups in total. The van der Waals surface area contributed by atoms with Gasteiger partial charge in [-0.15, -0.1) is 11.3 Å². The minimum absolute atomic E-state index is 0.0774. The summed E-state index contributed by atoms with van der Waals surface area (Å²) in [6.45, 7) is 1.95. The van der Waals surface area contributed by atoms with E-state index in [0.29, 0.717) is 16.3 Å². The Morgan fingerprint density at radius 1 is 1.14 bits per heavy atom. The third-order valence-electron chi connectivity index (χ3n) is 5.08. The lowest BCUT2D eigenvalue weighted by molar-refractivity contribution is -0.119. The Kier molecular flexibility index (Phi) is 4.96. The number of thiophene rings is 1. The highest BCUT2D eigenvalue weighted by atomic mass is 35.5. The highest BCUT2D eigenvalue weighted by molar-refractivity contribution is 7.10. The first-order valence-corrected chi connectivity index (χ1v) is 10.2. The Labute approximate surface area is 172 Å². The van der Waals surface area contributed by atoms with Crippen molar-refractivity contribution in [3.8, 4) is 0 Å². The highest BCUT2D eigenvalue weighted by Gasteiger charge is 2.43. The van der Waals surface area contributed by atoms with E-state index < -0.39 is 5.92 Å². The van der Waals surface area contributed by atoms with Crippen LogP contribution in [0.25, 0.3) is 0 Å². The largest absolute Gasteiger partial charge is 0.333 e. The van der Waals surface area contributed by atoms with Gasteiger partial charge >= 0.3 is 0 Å². The molecule has 1 aliphatic rings. The average molecular weight is 411 g/mol. The van der Waals surface area contributed by atoms with E-state index in [0.717, 1.165) is 16.0 Å². The first-order valence-electron chi connectivity index (χ1n) is 8.94. The van der Waals surface area contributed by atoms with Gasteiger partial charge in [-0.1, -0.05) is 41.9 Å². The van der Waals surface area contributed by atoms with Crippen molar-refractivity contribution >= 4 is 40.4 Å². The van der Waals surface area contributed by atoms with Crippen LogP contribution in [-0.4, -0.2) is 23.8 Å². The molecule has 6 heteroatoms. The number of amides is 2. The Morgan fingerprint density at radius 3 is 2.64 bits per heavy atom. The lowest BCUT2D eigenvalue weighted by atomic mass is 9.81. The number of nitrogens with one attached hydrogen (secondary N) is 1. The number of carbonyl (C=O) groups is 2. The van der Waals surface area contributed by atoms with E-state index in [4.69, 9.17) is 11.6 Å². The quantitative estimate of drug-likeness (QED) is 0.640. The maximum atomic E-state index is 13.4. The summed E-state index contributed by atoms with van der Waals surface area (Å²) in [6, 6.07) is 16.4. The minimum Gasteiger partial charge on any atom is -0.333 e. The second-order valence-corrected chi connectivity index (χ2v) is 8.30. The van der Waals surface area contributed by atoms with Gasteiger partial charge in [-0.2, -0.15) is 0 Å². The van der Waals surface area contributed by atoms with Crippen LogP contribution in [0.5, 0.6) is 0 Å². The average Bonchev–Trinajstić information content (AvgIpc) is 3.21. The molecule has 0 radical (unpaired) electrons. The van der Waals surface area contributed by atoms with Crippen molar-refractivity contribution in [2.45, 2.75) is 18.9 Å². The molecule has 0 saturated carbocycles. The van der Waals surface area contributed by atoms with Crippen LogP contribution in [0.3, 0.4) is 0 Å². The van der Waals surface area contributed by atoms with Gasteiger partial charge in [-0.3, -0.25) is 9.59 Å². The van der Waals surface area contributed by atoms with Gasteiger partial charge in [0.05, 0.1) is 22.7 Å². The summed E-state index contributed by atoms with van der Waals surface area (Å²) >= 11 is 7.87. The van der Waals surface area contributed by atoms with Gasteiger partial charge in [-0.25, -0.2) is 0 Å². The van der Waals surface area contributed by atoms with Crippen LogP contribution in [0, 0.1) is 6.92 Å². The molecule has 1 aliphatic heterocycles. The van der Waals surface area contributed by atoms with E-state index in [-0.39, 0.29) is 17.9 Å². The van der Waals surface area contributed by atoms with Crippen molar-refractivity contribution in [1.29, 1.82) is 0 Å². The van der Waals surface area contributed by atoms with Crippen molar-refractivity contribution in [3.05, 3.63) is 86.6 Å². The fraction of sp³-hybridized carbons (Fsp3) is 0.182. The normalized spacial score (nSPS) is 18.7. The number of hydrogen-bond acceptors (Lipinski definition) is 3. The maximum Gasteiger partial charge on any atom is 0.254 e. The summed E-state index contributed by atoms with van der Waals surface area (Å²) < 4.78 is 0. The van der Waals surface area contributed by atoms with Gasteiger partial charge < -0.3 is 10.2 Å². The van der Waals surface area contributed by atoms with Crippen molar-refractivity contribution in [3.63, 3.8) is 0 Å². The second-order valence-electron chi connectivity index (χ2n) is 6.91. The number of anilines is 1. The molecule has 1 aromatic heterocycles. The summed E-state index contributed by atoms with van der Waals surface area (Å²) in [6.07, 6.45) is 0. The van der Waals surface area contributed by atoms with Crippen molar-refractivity contribution in [2.24, 2.45) is 0 Å². The van der Waals surface area contributed by atoms with Crippen LogP contribution in [0.15, 0.2) is 60.0 Å². The summed E-state index contributed by atoms with van der Waals surface area (Å²) in [5.41, 5.74) is 2.89. The number of hydrogen-bond donors (Lipinski definition) is 1. The molecule has 0 fully saturated rings. The van der Waals surface area contributed by atoms with Crippen molar-refractivity contribution in [1.82, 2.24) is 4.90 Å². The molecule has 2 heterocycles. The molecule has 0 saturated heterocycles. The molecule has 0 unspecified atom stereocenters. The predicted octanol–water partition coefficient (Wildman–Crippen LogP) is 5.26. The van der Waals surface area contributed by atoms with Gasteiger partial charge in [-0.05, 0) is 47.7 Å². The molecule has 0 spiro atoms. The van der Waals surface area contributed by atoms with Crippen LogP contribution in [-0.2, 0) is 4.79 Å². The van der Waals surface area contributed by atoms with Crippen LogP contribution in [0.2, 0.25) is 5.02 Å². The van der Waals surface area contributed by atoms with Crippen LogP contribution >= 0.6 is 22.9 Å². The standard InChI is InChI=1S/C22H19ClN2O2S/c1-13-9-10-17(16(23)12-13)24-21(26)19-14-6-3-4-7-15(14)22(27)25(2)20(19)18-8-5-11-28-18/h3-12,19-20H,1-2H3,(H,24,26)/t19-,20-/m1/s1. The number of halogens is 1. The summed E-state index contributed by atoms with van der Waals surface area (Å²) in [4.78, 5) is 29.0. The molecule has 2 amide bonds. The first-order chi connectivity index (χ1) is 13.5. The molecular weight excluding hydrogens is 392 g/mol. The molecule has 3 aromatic rings. The van der Waals surface area contributed by atoms with E-state index >= 15 is 0 Å². The molecule has 2 atom stereocenters. The number of fused-ring (bicyclic) bond motifs is 1. The van der Waals surface area contributed by atoms with E-state index in [1.165, 1.54) is 0 Å². The third kappa shape index (κ3) is 3.21. The Bertz CT molecular complexity index is 1050. The fourth-order valence-electron chi connectivity index (χ4n) is 3.70. The second kappa shape index (κ2) is 7.41. The summed E-state index contributed by atoms with van der Waals surface area (Å²) in [7, 11) is 1.75. The molecule has 0 aliphatic carbocycles. The summed E-state index contributed by atoms with van der Waals surface area (Å²) in [5.74, 6) is -0.794. The van der Waals surface area contributed by atoms with E-state index in [2.05, 4.69) is 5.32 Å². The van der Waals surface area contributed by atoms with Gasteiger partial charge in [0.25, 0.3) is 5.91 Å². The van der Waals surface area contributed by atoms with Gasteiger partial charge in [0.15, 0.2) is 0 Å². The first kappa shape index (κ1) is 18.7. The fourth-order valence-corrected chi connectivity index (χ4v) is 4.89. The maximum absolute atomic E-state index is 13.4. The van der Waals surface area contributed by atoms with Crippen molar-refractivity contribution < 1.29 is 9.59 Å². The molecule has 28 heavy (non-hydrogen) atoms. The SMILES string of the molecule is Cc1ccc(NC(=O)[C@@H]2c3ccccc3C(=O)N(C)[C@@H]2c2cccs2)c(Cl)c1. The number of likely N-dealkylation sites (N-methyl/N-ethyl adjacent to an activating group) is 1. The molecular formula is C22H19ClN2O2S. The number of aryl methyl sites for hydroxylation is 1. The third-order valence-corrected chi connectivity index (χ3v) is 6.33. The van der Waals surface area contributed by atoms with Crippen LogP contribution in [0.4, 0.5) is 5.69 Å². The molecule has 4 rings (SSSR count). The Morgan fingerprint density at radius 2 is 1.93 bits per heavy atom. The predicted molar refractivity (Wildman–Crippen MR) is 113 cm³/mol. The van der Waals surface area contributed by atoms with Crippen molar-refractivity contribution in [2.75, 3.05) is 12.4 Å². The topological polar surface area (TPSA) is 49.4 Å². The molecule has 0 bridgehead atoms. The number of carbonyl (C=O) groups excluding carboxylic acids is 2. The van der Waals surface area contributed by atoms with Gasteiger partial charge in [0, 0.05) is 17.5 Å². The molecule has 142 valence electrons. The molecule has 4 nitrogen and oxygen atoms in total. The Balaban J connectivity index is 1.79. The highest BCUT2D eigenvalue weighted by Crippen LogP contribution is 2.44. The smallest absolute Gasteiger partial charge is 0.254 e. The van der Waals surface area contributed by atoms with Crippen LogP contribution < -0.4 is 5.32 Å². The lowest BCUT2D eigenvalue weighted by Crippen LogP contribution is -2.43.